The van der Waals surface area contributed by atoms with Crippen molar-refractivity contribution in [2.24, 2.45) is 4.99 Å². The van der Waals surface area contributed by atoms with Gasteiger partial charge >= 0.3 is 0 Å². The van der Waals surface area contributed by atoms with Gasteiger partial charge in [-0.05, 0) is 46.8 Å². The Labute approximate surface area is 173 Å². The fourth-order valence-corrected chi connectivity index (χ4v) is 3.13. The predicted octanol–water partition coefficient (Wildman–Crippen LogP) is 3.16. The van der Waals surface area contributed by atoms with Crippen molar-refractivity contribution >= 4 is 29.9 Å². The van der Waals surface area contributed by atoms with Gasteiger partial charge in [-0.2, -0.15) is 0 Å². The number of rotatable bonds is 10. The second kappa shape index (κ2) is 16.1. The first-order valence-corrected chi connectivity index (χ1v) is 10.1. The van der Waals surface area contributed by atoms with Gasteiger partial charge in [0.15, 0.2) is 5.96 Å². The molecule has 0 aliphatic carbocycles. The Hall–Kier alpha value is -0.0800. The summed E-state index contributed by atoms with van der Waals surface area (Å²) in [5.74, 6) is 0.979. The highest BCUT2D eigenvalue weighted by molar-refractivity contribution is 14.0. The molecule has 1 aliphatic rings. The van der Waals surface area contributed by atoms with Crippen LogP contribution < -0.4 is 10.6 Å². The summed E-state index contributed by atoms with van der Waals surface area (Å²) in [5.41, 5.74) is 0. The zero-order chi connectivity index (χ0) is 17.6. The lowest BCUT2D eigenvalue weighted by Gasteiger charge is -2.20. The third-order valence-corrected chi connectivity index (χ3v) is 4.72. The maximum atomic E-state index is 4.78. The van der Waals surface area contributed by atoms with E-state index in [9.17, 15) is 0 Å². The number of hydrogen-bond acceptors (Lipinski definition) is 3. The third-order valence-electron chi connectivity index (χ3n) is 4.72. The molecule has 0 saturated carbocycles. The van der Waals surface area contributed by atoms with Gasteiger partial charge in [0, 0.05) is 32.2 Å². The molecule has 25 heavy (non-hydrogen) atoms. The SMILES string of the molecule is CCCCCCC(C)NC(=NCCN1CCCN(C)CC1)NCC.I. The summed E-state index contributed by atoms with van der Waals surface area (Å²) in [6.07, 6.45) is 7.81. The van der Waals surface area contributed by atoms with E-state index in [1.807, 2.05) is 0 Å². The van der Waals surface area contributed by atoms with E-state index in [2.05, 4.69) is 48.3 Å². The number of halogens is 1. The molecule has 1 atom stereocenters. The van der Waals surface area contributed by atoms with Gasteiger partial charge in [0.25, 0.3) is 0 Å². The number of nitrogens with zero attached hydrogens (tertiary/aromatic N) is 3. The second-order valence-corrected chi connectivity index (χ2v) is 7.15. The van der Waals surface area contributed by atoms with Crippen molar-refractivity contribution in [3.8, 4) is 0 Å². The Morgan fingerprint density at radius 1 is 1.08 bits per heavy atom. The fraction of sp³-hybridized carbons (Fsp3) is 0.947. The molecule has 0 aromatic heterocycles. The standard InChI is InChI=1S/C19H41N5.HI/c1-5-7-8-9-11-18(3)22-19(20-6-2)21-12-15-24-14-10-13-23(4)16-17-24;/h18H,5-17H2,1-4H3,(H2,20,21,22);1H. The van der Waals surface area contributed by atoms with Crippen LogP contribution in [0.25, 0.3) is 0 Å². The monoisotopic (exact) mass is 467 g/mol. The fourth-order valence-electron chi connectivity index (χ4n) is 3.13. The smallest absolute Gasteiger partial charge is 0.191 e. The van der Waals surface area contributed by atoms with Crippen LogP contribution >= 0.6 is 24.0 Å². The van der Waals surface area contributed by atoms with Gasteiger partial charge in [-0.3, -0.25) is 4.99 Å². The van der Waals surface area contributed by atoms with E-state index in [1.165, 1.54) is 64.7 Å². The molecule has 0 bridgehead atoms. The van der Waals surface area contributed by atoms with E-state index in [1.54, 1.807) is 0 Å². The van der Waals surface area contributed by atoms with Crippen LogP contribution in [0.4, 0.5) is 0 Å². The number of unbranched alkanes of at least 4 members (excludes halogenated alkanes) is 3. The summed E-state index contributed by atoms with van der Waals surface area (Å²) in [7, 11) is 2.22. The molecule has 0 radical (unpaired) electrons. The lowest BCUT2D eigenvalue weighted by atomic mass is 10.1. The van der Waals surface area contributed by atoms with Crippen LogP contribution in [0, 0.1) is 0 Å². The number of likely N-dealkylation sites (N-methyl/N-ethyl adjacent to an activating group) is 1. The highest BCUT2D eigenvalue weighted by atomic mass is 127. The van der Waals surface area contributed by atoms with Crippen LogP contribution in [0.3, 0.4) is 0 Å². The van der Waals surface area contributed by atoms with Crippen LogP contribution in [0.15, 0.2) is 4.99 Å². The van der Waals surface area contributed by atoms with Crippen LogP contribution in [-0.4, -0.2) is 74.7 Å². The van der Waals surface area contributed by atoms with Gasteiger partial charge in [0.2, 0.25) is 0 Å². The van der Waals surface area contributed by atoms with Crippen molar-refractivity contribution in [3.05, 3.63) is 0 Å². The molecular formula is C19H42IN5. The molecule has 1 unspecified atom stereocenters. The van der Waals surface area contributed by atoms with Crippen LogP contribution in [0.5, 0.6) is 0 Å². The van der Waals surface area contributed by atoms with Crippen molar-refractivity contribution < 1.29 is 0 Å². The first-order chi connectivity index (χ1) is 11.7. The normalized spacial score (nSPS) is 18.3. The molecule has 1 heterocycles. The first-order valence-electron chi connectivity index (χ1n) is 10.1. The van der Waals surface area contributed by atoms with Crippen molar-refractivity contribution in [2.75, 3.05) is 52.9 Å². The van der Waals surface area contributed by atoms with E-state index in [-0.39, 0.29) is 24.0 Å². The molecule has 6 heteroatoms. The maximum Gasteiger partial charge on any atom is 0.191 e. The molecule has 0 aromatic rings. The average molecular weight is 467 g/mol. The lowest BCUT2D eigenvalue weighted by Crippen LogP contribution is -2.42. The van der Waals surface area contributed by atoms with Gasteiger partial charge < -0.3 is 20.4 Å². The molecule has 0 aromatic carbocycles. The predicted molar refractivity (Wildman–Crippen MR) is 121 cm³/mol. The average Bonchev–Trinajstić information content (AvgIpc) is 2.76. The van der Waals surface area contributed by atoms with E-state index >= 15 is 0 Å². The Bertz CT molecular complexity index is 338. The summed E-state index contributed by atoms with van der Waals surface area (Å²) in [6.45, 7) is 14.3. The molecule has 1 fully saturated rings. The van der Waals surface area contributed by atoms with Crippen molar-refractivity contribution in [3.63, 3.8) is 0 Å². The summed E-state index contributed by atoms with van der Waals surface area (Å²) in [6, 6.07) is 0.492. The zero-order valence-corrected chi connectivity index (χ0v) is 19.3. The van der Waals surface area contributed by atoms with Gasteiger partial charge in [-0.15, -0.1) is 24.0 Å². The van der Waals surface area contributed by atoms with Crippen LogP contribution in [-0.2, 0) is 0 Å². The van der Waals surface area contributed by atoms with E-state index in [0.717, 1.165) is 25.6 Å². The lowest BCUT2D eigenvalue weighted by molar-refractivity contribution is 0.283. The molecule has 0 amide bonds. The van der Waals surface area contributed by atoms with Crippen molar-refractivity contribution in [1.29, 1.82) is 0 Å². The van der Waals surface area contributed by atoms with Gasteiger partial charge in [0.05, 0.1) is 6.54 Å². The zero-order valence-electron chi connectivity index (χ0n) is 17.0. The molecule has 0 spiro atoms. The Morgan fingerprint density at radius 3 is 2.60 bits per heavy atom. The van der Waals surface area contributed by atoms with Gasteiger partial charge in [0.1, 0.15) is 0 Å². The minimum atomic E-state index is 0. The third kappa shape index (κ3) is 12.8. The second-order valence-electron chi connectivity index (χ2n) is 7.15. The largest absolute Gasteiger partial charge is 0.357 e. The minimum Gasteiger partial charge on any atom is -0.357 e. The van der Waals surface area contributed by atoms with Crippen LogP contribution in [0.2, 0.25) is 0 Å². The number of guanidine groups is 1. The summed E-state index contributed by atoms with van der Waals surface area (Å²) in [4.78, 5) is 9.75. The Balaban J connectivity index is 0.00000576. The highest BCUT2D eigenvalue weighted by Crippen LogP contribution is 2.05. The molecule has 5 nitrogen and oxygen atoms in total. The molecule has 2 N–H and O–H groups in total. The summed E-state index contributed by atoms with van der Waals surface area (Å²) < 4.78 is 0. The molecular weight excluding hydrogens is 425 g/mol. The summed E-state index contributed by atoms with van der Waals surface area (Å²) >= 11 is 0. The summed E-state index contributed by atoms with van der Waals surface area (Å²) in [5, 5.41) is 6.95. The molecule has 1 saturated heterocycles. The minimum absolute atomic E-state index is 0. The Morgan fingerprint density at radius 2 is 1.88 bits per heavy atom. The number of aliphatic imine (C=N–C) groups is 1. The maximum absolute atomic E-state index is 4.78. The van der Waals surface area contributed by atoms with Crippen molar-refractivity contribution in [1.82, 2.24) is 20.4 Å². The van der Waals surface area contributed by atoms with Crippen LogP contribution in [0.1, 0.15) is 59.3 Å². The number of hydrogen-bond donors (Lipinski definition) is 2. The van der Waals surface area contributed by atoms with E-state index < -0.39 is 0 Å². The number of nitrogens with one attached hydrogen (secondary N) is 2. The molecule has 150 valence electrons. The quantitative estimate of drug-likeness (QED) is 0.224. The van der Waals surface area contributed by atoms with Gasteiger partial charge in [-0.1, -0.05) is 32.6 Å². The highest BCUT2D eigenvalue weighted by Gasteiger charge is 2.11. The molecule has 1 rings (SSSR count). The van der Waals surface area contributed by atoms with Gasteiger partial charge in [-0.25, -0.2) is 0 Å². The Kier molecular flexibility index (Phi) is 16.1. The topological polar surface area (TPSA) is 42.9 Å². The molecule has 1 aliphatic heterocycles. The van der Waals surface area contributed by atoms with E-state index in [4.69, 9.17) is 4.99 Å². The first kappa shape index (κ1) is 24.9. The van der Waals surface area contributed by atoms with E-state index in [0.29, 0.717) is 6.04 Å². The van der Waals surface area contributed by atoms with Crippen molar-refractivity contribution in [2.45, 2.75) is 65.3 Å².